The number of benzene rings is 1. The number of oxime groups is 1. The minimum absolute atomic E-state index is 0.0300. The van der Waals surface area contributed by atoms with Crippen LogP contribution in [0.15, 0.2) is 29.4 Å². The average Bonchev–Trinajstić information content (AvgIpc) is 2.47. The predicted molar refractivity (Wildman–Crippen MR) is 80.0 cm³/mol. The van der Waals surface area contributed by atoms with Crippen molar-refractivity contribution in [2.75, 3.05) is 0 Å². The van der Waals surface area contributed by atoms with Gasteiger partial charge in [-0.3, -0.25) is 4.79 Å². The third kappa shape index (κ3) is 3.98. The zero-order valence-corrected chi connectivity index (χ0v) is 12.3. The number of amides is 1. The van der Waals surface area contributed by atoms with Crippen LogP contribution in [0.5, 0.6) is 0 Å². The summed E-state index contributed by atoms with van der Waals surface area (Å²) in [4.78, 5) is 12.1. The summed E-state index contributed by atoms with van der Waals surface area (Å²) in [5.74, 6) is 0.410. The standard InChI is InChI=1S/C15H23N3O2/c1-4-11(5-2)10(3)17-15(19)13-8-6-12(7-9-13)14(16)18-20/h6-11,20H,4-5H2,1-3H3,(H2,16,18)(H,17,19). The maximum absolute atomic E-state index is 12.1. The number of hydrogen-bond acceptors (Lipinski definition) is 3. The van der Waals surface area contributed by atoms with Crippen molar-refractivity contribution in [2.24, 2.45) is 16.8 Å². The second-order valence-electron chi connectivity index (χ2n) is 4.90. The lowest BCUT2D eigenvalue weighted by atomic mass is 9.95. The van der Waals surface area contributed by atoms with E-state index in [4.69, 9.17) is 10.9 Å². The van der Waals surface area contributed by atoms with E-state index in [0.29, 0.717) is 17.0 Å². The first-order valence-corrected chi connectivity index (χ1v) is 6.92. The van der Waals surface area contributed by atoms with Crippen LogP contribution in [-0.2, 0) is 0 Å². The van der Waals surface area contributed by atoms with E-state index in [2.05, 4.69) is 24.3 Å². The van der Waals surface area contributed by atoms with Crippen molar-refractivity contribution in [2.45, 2.75) is 39.7 Å². The molecule has 0 bridgehead atoms. The largest absolute Gasteiger partial charge is 0.409 e. The van der Waals surface area contributed by atoms with E-state index in [9.17, 15) is 4.79 Å². The van der Waals surface area contributed by atoms with Crippen LogP contribution in [0.3, 0.4) is 0 Å². The van der Waals surface area contributed by atoms with Gasteiger partial charge in [-0.05, 0) is 25.0 Å². The quantitative estimate of drug-likeness (QED) is 0.323. The molecule has 20 heavy (non-hydrogen) atoms. The summed E-state index contributed by atoms with van der Waals surface area (Å²) in [5.41, 5.74) is 6.62. The SMILES string of the molecule is CCC(CC)C(C)NC(=O)c1ccc(C(N)=NO)cc1. The normalized spacial score (nSPS) is 13.3. The lowest BCUT2D eigenvalue weighted by Gasteiger charge is -2.22. The number of nitrogens with zero attached hydrogens (tertiary/aromatic N) is 1. The number of nitrogens with two attached hydrogens (primary N) is 1. The zero-order chi connectivity index (χ0) is 15.1. The summed E-state index contributed by atoms with van der Waals surface area (Å²) in [6, 6.07) is 6.79. The molecule has 0 saturated heterocycles. The van der Waals surface area contributed by atoms with Crippen LogP contribution >= 0.6 is 0 Å². The summed E-state index contributed by atoms with van der Waals surface area (Å²) >= 11 is 0. The predicted octanol–water partition coefficient (Wildman–Crippen LogP) is 2.34. The van der Waals surface area contributed by atoms with Gasteiger partial charge in [-0.1, -0.05) is 44.0 Å². The van der Waals surface area contributed by atoms with Crippen molar-refractivity contribution < 1.29 is 10.0 Å². The third-order valence-corrected chi connectivity index (χ3v) is 3.67. The van der Waals surface area contributed by atoms with Crippen LogP contribution in [0, 0.1) is 5.92 Å². The highest BCUT2D eigenvalue weighted by Crippen LogP contribution is 2.13. The van der Waals surface area contributed by atoms with Gasteiger partial charge in [0.1, 0.15) is 0 Å². The molecule has 0 aliphatic carbocycles. The number of rotatable bonds is 6. The van der Waals surface area contributed by atoms with E-state index in [1.807, 2.05) is 6.92 Å². The Balaban J connectivity index is 2.73. The first-order valence-electron chi connectivity index (χ1n) is 6.92. The molecule has 1 aromatic carbocycles. The molecule has 1 aromatic rings. The first-order chi connectivity index (χ1) is 9.53. The van der Waals surface area contributed by atoms with Crippen molar-refractivity contribution in [1.82, 2.24) is 5.32 Å². The van der Waals surface area contributed by atoms with Crippen LogP contribution < -0.4 is 11.1 Å². The van der Waals surface area contributed by atoms with Gasteiger partial charge in [-0.2, -0.15) is 0 Å². The van der Waals surface area contributed by atoms with Crippen LogP contribution in [0.1, 0.15) is 49.5 Å². The molecule has 0 aliphatic heterocycles. The fourth-order valence-electron chi connectivity index (χ4n) is 2.25. The van der Waals surface area contributed by atoms with Gasteiger partial charge >= 0.3 is 0 Å². The highest BCUT2D eigenvalue weighted by molar-refractivity contribution is 5.99. The van der Waals surface area contributed by atoms with Crippen LogP contribution in [-0.4, -0.2) is 23.0 Å². The number of carbonyl (C=O) groups is 1. The second kappa shape index (κ2) is 7.53. The van der Waals surface area contributed by atoms with Crippen molar-refractivity contribution >= 4 is 11.7 Å². The molecule has 0 aliphatic rings. The van der Waals surface area contributed by atoms with Gasteiger partial charge in [0.15, 0.2) is 5.84 Å². The van der Waals surface area contributed by atoms with Gasteiger partial charge in [0, 0.05) is 17.2 Å². The minimum atomic E-state index is -0.101. The van der Waals surface area contributed by atoms with Crippen molar-refractivity contribution in [3.05, 3.63) is 35.4 Å². The molecule has 0 fully saturated rings. The molecular formula is C15H23N3O2. The minimum Gasteiger partial charge on any atom is -0.409 e. The van der Waals surface area contributed by atoms with E-state index in [1.54, 1.807) is 24.3 Å². The zero-order valence-electron chi connectivity index (χ0n) is 12.3. The third-order valence-electron chi connectivity index (χ3n) is 3.67. The summed E-state index contributed by atoms with van der Waals surface area (Å²) < 4.78 is 0. The van der Waals surface area contributed by atoms with E-state index in [0.717, 1.165) is 12.8 Å². The van der Waals surface area contributed by atoms with E-state index in [1.165, 1.54) is 0 Å². The Morgan fingerprint density at radius 2 is 1.75 bits per heavy atom. The fraction of sp³-hybridized carbons (Fsp3) is 0.467. The van der Waals surface area contributed by atoms with Gasteiger partial charge in [0.05, 0.1) is 0 Å². The number of carbonyl (C=O) groups excluding carboxylic acids is 1. The van der Waals surface area contributed by atoms with Gasteiger partial charge in [-0.25, -0.2) is 0 Å². The Morgan fingerprint density at radius 3 is 2.20 bits per heavy atom. The van der Waals surface area contributed by atoms with E-state index in [-0.39, 0.29) is 17.8 Å². The first kappa shape index (κ1) is 16.0. The average molecular weight is 277 g/mol. The van der Waals surface area contributed by atoms with Gasteiger partial charge in [0.25, 0.3) is 5.91 Å². The van der Waals surface area contributed by atoms with Crippen molar-refractivity contribution in [3.63, 3.8) is 0 Å². The molecule has 1 unspecified atom stereocenters. The number of nitrogens with one attached hydrogen (secondary N) is 1. The molecule has 0 radical (unpaired) electrons. The molecular weight excluding hydrogens is 254 g/mol. The van der Waals surface area contributed by atoms with Crippen LogP contribution in [0.4, 0.5) is 0 Å². The molecule has 0 spiro atoms. The highest BCUT2D eigenvalue weighted by atomic mass is 16.4. The molecule has 1 amide bonds. The Kier molecular flexibility index (Phi) is 6.03. The van der Waals surface area contributed by atoms with Crippen molar-refractivity contribution in [1.29, 1.82) is 0 Å². The molecule has 4 N–H and O–H groups in total. The van der Waals surface area contributed by atoms with Gasteiger partial charge in [-0.15, -0.1) is 0 Å². The summed E-state index contributed by atoms with van der Waals surface area (Å²) in [7, 11) is 0. The van der Waals surface area contributed by atoms with E-state index >= 15 is 0 Å². The lowest BCUT2D eigenvalue weighted by Crippen LogP contribution is -2.37. The Morgan fingerprint density at radius 1 is 1.25 bits per heavy atom. The molecule has 0 heterocycles. The second-order valence-corrected chi connectivity index (χ2v) is 4.90. The van der Waals surface area contributed by atoms with Crippen LogP contribution in [0.25, 0.3) is 0 Å². The Bertz CT molecular complexity index is 465. The molecule has 5 nitrogen and oxygen atoms in total. The van der Waals surface area contributed by atoms with Gasteiger partial charge in [0.2, 0.25) is 0 Å². The van der Waals surface area contributed by atoms with Gasteiger partial charge < -0.3 is 16.3 Å². The molecule has 1 rings (SSSR count). The Labute approximate surface area is 119 Å². The number of hydrogen-bond donors (Lipinski definition) is 3. The Hall–Kier alpha value is -2.04. The molecule has 5 heteroatoms. The maximum Gasteiger partial charge on any atom is 0.251 e. The number of amidine groups is 1. The molecule has 0 aromatic heterocycles. The molecule has 0 saturated carbocycles. The topological polar surface area (TPSA) is 87.7 Å². The van der Waals surface area contributed by atoms with E-state index < -0.39 is 0 Å². The highest BCUT2D eigenvalue weighted by Gasteiger charge is 2.16. The lowest BCUT2D eigenvalue weighted by molar-refractivity contribution is 0.0925. The molecule has 110 valence electrons. The maximum atomic E-state index is 12.1. The smallest absolute Gasteiger partial charge is 0.251 e. The molecule has 1 atom stereocenters. The summed E-state index contributed by atoms with van der Waals surface area (Å²) in [5, 5.41) is 14.5. The van der Waals surface area contributed by atoms with Crippen molar-refractivity contribution in [3.8, 4) is 0 Å². The monoisotopic (exact) mass is 277 g/mol. The summed E-state index contributed by atoms with van der Waals surface area (Å²) in [6.45, 7) is 6.28. The van der Waals surface area contributed by atoms with Crippen LogP contribution in [0.2, 0.25) is 0 Å². The summed E-state index contributed by atoms with van der Waals surface area (Å²) in [6.07, 6.45) is 2.08. The fourth-order valence-corrected chi connectivity index (χ4v) is 2.25.